The van der Waals surface area contributed by atoms with Gasteiger partial charge in [-0.1, -0.05) is 6.42 Å². The van der Waals surface area contributed by atoms with Crippen LogP contribution in [0.4, 0.5) is 10.1 Å². The first-order valence-electron chi connectivity index (χ1n) is 7.36. The van der Waals surface area contributed by atoms with Gasteiger partial charge in [0, 0.05) is 18.3 Å². The van der Waals surface area contributed by atoms with E-state index in [0.29, 0.717) is 6.04 Å². The summed E-state index contributed by atoms with van der Waals surface area (Å²) in [5, 5.41) is 6.55. The summed E-state index contributed by atoms with van der Waals surface area (Å²) in [7, 11) is -3.32. The second-order valence-corrected chi connectivity index (χ2v) is 7.86. The Morgan fingerprint density at radius 2 is 2.19 bits per heavy atom. The summed E-state index contributed by atoms with van der Waals surface area (Å²) in [6.07, 6.45) is 5.59. The molecule has 0 amide bonds. The van der Waals surface area contributed by atoms with Crippen molar-refractivity contribution in [2.24, 2.45) is 0 Å². The molecule has 2 atom stereocenters. The van der Waals surface area contributed by atoms with Gasteiger partial charge in [-0.05, 0) is 50.9 Å². The van der Waals surface area contributed by atoms with Crippen molar-refractivity contribution in [3.63, 3.8) is 0 Å². The van der Waals surface area contributed by atoms with Crippen molar-refractivity contribution < 1.29 is 12.8 Å². The van der Waals surface area contributed by atoms with Crippen LogP contribution < -0.4 is 10.6 Å². The summed E-state index contributed by atoms with van der Waals surface area (Å²) in [4.78, 5) is 0.134. The Hall–Kier alpha value is -1.14. The topological polar surface area (TPSA) is 58.2 Å². The van der Waals surface area contributed by atoms with E-state index in [1.165, 1.54) is 31.0 Å². The molecule has 1 aromatic carbocycles. The van der Waals surface area contributed by atoms with Gasteiger partial charge < -0.3 is 10.6 Å². The van der Waals surface area contributed by atoms with Crippen molar-refractivity contribution in [1.82, 2.24) is 5.32 Å². The minimum atomic E-state index is -3.32. The molecule has 2 N–H and O–H groups in total. The number of halogens is 1. The number of rotatable bonds is 5. The highest BCUT2D eigenvalue weighted by Gasteiger charge is 2.17. The van der Waals surface area contributed by atoms with Gasteiger partial charge in [-0.25, -0.2) is 12.8 Å². The highest BCUT2D eigenvalue weighted by atomic mass is 32.2. The number of nitrogens with one attached hydrogen (secondary N) is 2. The van der Waals surface area contributed by atoms with Gasteiger partial charge in [0.25, 0.3) is 0 Å². The molecule has 0 spiro atoms. The second-order valence-electron chi connectivity index (χ2n) is 5.84. The molecule has 1 aromatic rings. The van der Waals surface area contributed by atoms with Gasteiger partial charge in [0.1, 0.15) is 5.82 Å². The van der Waals surface area contributed by atoms with Gasteiger partial charge in [0.2, 0.25) is 0 Å². The maximum atomic E-state index is 13.8. The lowest BCUT2D eigenvalue weighted by atomic mass is 9.98. The Morgan fingerprint density at radius 3 is 2.81 bits per heavy atom. The van der Waals surface area contributed by atoms with E-state index in [1.807, 2.05) is 6.92 Å². The zero-order valence-corrected chi connectivity index (χ0v) is 13.3. The summed E-state index contributed by atoms with van der Waals surface area (Å²) in [5.74, 6) is -0.425. The Morgan fingerprint density at radius 1 is 1.43 bits per heavy atom. The van der Waals surface area contributed by atoms with Crippen molar-refractivity contribution in [2.45, 2.75) is 49.6 Å². The number of benzene rings is 1. The molecule has 0 aromatic heterocycles. The van der Waals surface area contributed by atoms with Crippen molar-refractivity contribution in [2.75, 3.05) is 18.1 Å². The van der Waals surface area contributed by atoms with Crippen LogP contribution in [0.25, 0.3) is 0 Å². The summed E-state index contributed by atoms with van der Waals surface area (Å²) in [6.45, 7) is 3.03. The largest absolute Gasteiger partial charge is 0.380 e. The highest BCUT2D eigenvalue weighted by Crippen LogP contribution is 2.22. The first-order chi connectivity index (χ1) is 9.86. The van der Waals surface area contributed by atoms with E-state index in [0.717, 1.165) is 25.6 Å². The number of hydrogen-bond acceptors (Lipinski definition) is 4. The van der Waals surface area contributed by atoms with Crippen molar-refractivity contribution >= 4 is 15.5 Å². The molecule has 0 bridgehead atoms. The Bertz CT molecular complexity index is 583. The summed E-state index contributed by atoms with van der Waals surface area (Å²) in [6, 6.07) is 4.38. The minimum Gasteiger partial charge on any atom is -0.380 e. The first-order valence-corrected chi connectivity index (χ1v) is 9.25. The van der Waals surface area contributed by atoms with E-state index in [1.54, 1.807) is 0 Å². The van der Waals surface area contributed by atoms with Crippen LogP contribution in [-0.4, -0.2) is 33.3 Å². The lowest BCUT2D eigenvalue weighted by Gasteiger charge is -2.27. The maximum absolute atomic E-state index is 13.8. The molecule has 2 unspecified atom stereocenters. The molecule has 1 heterocycles. The highest BCUT2D eigenvalue weighted by molar-refractivity contribution is 7.90. The van der Waals surface area contributed by atoms with Gasteiger partial charge in [0.05, 0.1) is 10.6 Å². The predicted octanol–water partition coefficient (Wildman–Crippen LogP) is 2.56. The van der Waals surface area contributed by atoms with Crippen LogP contribution >= 0.6 is 0 Å². The number of piperidine rings is 1. The van der Waals surface area contributed by atoms with Crippen LogP contribution in [0, 0.1) is 5.82 Å². The molecule has 1 aliphatic heterocycles. The third kappa shape index (κ3) is 4.68. The quantitative estimate of drug-likeness (QED) is 0.820. The van der Waals surface area contributed by atoms with Gasteiger partial charge in [-0.15, -0.1) is 0 Å². The molecule has 1 aliphatic rings. The van der Waals surface area contributed by atoms with E-state index in [4.69, 9.17) is 0 Å². The van der Waals surface area contributed by atoms with E-state index in [9.17, 15) is 12.8 Å². The smallest absolute Gasteiger partial charge is 0.175 e. The Labute approximate surface area is 126 Å². The fourth-order valence-electron chi connectivity index (χ4n) is 2.72. The molecule has 0 aliphatic carbocycles. The van der Waals surface area contributed by atoms with Gasteiger partial charge in [0.15, 0.2) is 9.84 Å². The van der Waals surface area contributed by atoms with Gasteiger partial charge in [-0.3, -0.25) is 0 Å². The molecular formula is C15H23FN2O2S. The van der Waals surface area contributed by atoms with Crippen molar-refractivity contribution in [3.05, 3.63) is 24.0 Å². The lowest BCUT2D eigenvalue weighted by Crippen LogP contribution is -2.37. The summed E-state index contributed by atoms with van der Waals surface area (Å²) >= 11 is 0. The van der Waals surface area contributed by atoms with Gasteiger partial charge in [-0.2, -0.15) is 0 Å². The van der Waals surface area contributed by atoms with E-state index >= 15 is 0 Å². The van der Waals surface area contributed by atoms with E-state index in [-0.39, 0.29) is 16.6 Å². The molecule has 0 saturated carbocycles. The molecule has 6 heteroatoms. The average molecular weight is 314 g/mol. The van der Waals surface area contributed by atoms with Crippen LogP contribution in [0.1, 0.15) is 32.6 Å². The third-order valence-corrected chi connectivity index (χ3v) is 4.93. The Balaban J connectivity index is 2.04. The first kappa shape index (κ1) is 16.2. The van der Waals surface area contributed by atoms with Crippen LogP contribution in [0.15, 0.2) is 23.1 Å². The second kappa shape index (κ2) is 6.75. The zero-order chi connectivity index (χ0) is 15.5. The minimum absolute atomic E-state index is 0.0740. The zero-order valence-electron chi connectivity index (χ0n) is 12.5. The molecule has 2 rings (SSSR count). The monoisotopic (exact) mass is 314 g/mol. The predicted molar refractivity (Wildman–Crippen MR) is 82.9 cm³/mol. The molecule has 1 saturated heterocycles. The Kier molecular flexibility index (Phi) is 5.22. The van der Waals surface area contributed by atoms with Crippen LogP contribution in [-0.2, 0) is 9.84 Å². The van der Waals surface area contributed by atoms with Crippen LogP contribution in [0.5, 0.6) is 0 Å². The molecule has 118 valence electrons. The molecular weight excluding hydrogens is 291 g/mol. The molecule has 0 radical (unpaired) electrons. The maximum Gasteiger partial charge on any atom is 0.175 e. The van der Waals surface area contributed by atoms with Crippen molar-refractivity contribution in [3.8, 4) is 0 Å². The SMILES string of the molecule is CC(CC1CCCCN1)Nc1cc(S(C)(=O)=O)ccc1F. The third-order valence-electron chi connectivity index (χ3n) is 3.82. The van der Waals surface area contributed by atoms with Crippen molar-refractivity contribution in [1.29, 1.82) is 0 Å². The fraction of sp³-hybridized carbons (Fsp3) is 0.600. The van der Waals surface area contributed by atoms with Gasteiger partial charge >= 0.3 is 0 Å². The molecule has 1 fully saturated rings. The molecule has 21 heavy (non-hydrogen) atoms. The van der Waals surface area contributed by atoms with Crippen LogP contribution in [0.3, 0.4) is 0 Å². The standard InChI is InChI=1S/C15H23FN2O2S/c1-11(9-12-5-3-4-8-17-12)18-15-10-13(21(2,19)20)6-7-14(15)16/h6-7,10-12,17-18H,3-5,8-9H2,1-2H3. The lowest BCUT2D eigenvalue weighted by molar-refractivity contribution is 0.371. The summed E-state index contributed by atoms with van der Waals surface area (Å²) in [5.41, 5.74) is 0.251. The van der Waals surface area contributed by atoms with Crippen LogP contribution in [0.2, 0.25) is 0 Å². The van der Waals surface area contributed by atoms with E-state index < -0.39 is 15.7 Å². The average Bonchev–Trinajstić information content (AvgIpc) is 2.41. The molecule has 4 nitrogen and oxygen atoms in total. The normalized spacial score (nSPS) is 21.0. The number of sulfone groups is 1. The summed E-state index contributed by atoms with van der Waals surface area (Å²) < 4.78 is 36.9. The fourth-order valence-corrected chi connectivity index (χ4v) is 3.37. The number of hydrogen-bond donors (Lipinski definition) is 2. The number of anilines is 1. The van der Waals surface area contributed by atoms with E-state index in [2.05, 4.69) is 10.6 Å².